The average Bonchev–Trinajstić information content (AvgIpc) is 2.75. The van der Waals surface area contributed by atoms with Crippen molar-refractivity contribution in [3.8, 4) is 5.75 Å². The van der Waals surface area contributed by atoms with Crippen LogP contribution >= 0.6 is 11.6 Å². The van der Waals surface area contributed by atoms with Gasteiger partial charge in [0.25, 0.3) is 0 Å². The van der Waals surface area contributed by atoms with E-state index in [0.717, 1.165) is 0 Å². The van der Waals surface area contributed by atoms with E-state index < -0.39 is 4.92 Å². The molecule has 2 rings (SSSR count). The molecule has 0 bridgehead atoms. The van der Waals surface area contributed by atoms with Crippen LogP contribution in [0, 0.1) is 10.1 Å². The van der Waals surface area contributed by atoms with Crippen LogP contribution in [0.2, 0.25) is 5.02 Å². The van der Waals surface area contributed by atoms with E-state index >= 15 is 0 Å². The van der Waals surface area contributed by atoms with Gasteiger partial charge in [0.15, 0.2) is 5.75 Å². The largest absolute Gasteiger partial charge is 0.490 e. The molecule has 0 radical (unpaired) electrons. The van der Waals surface area contributed by atoms with E-state index in [2.05, 4.69) is 0 Å². The van der Waals surface area contributed by atoms with Gasteiger partial charge in [-0.15, -0.1) is 0 Å². The van der Waals surface area contributed by atoms with Crippen molar-refractivity contribution in [2.75, 3.05) is 25.1 Å². The number of nitro groups is 1. The highest BCUT2D eigenvalue weighted by Gasteiger charge is 2.25. The number of rotatable bonds is 3. The first-order valence-electron chi connectivity index (χ1n) is 5.48. The predicted octanol–water partition coefficient (Wildman–Crippen LogP) is 1.83. The molecule has 0 saturated carbocycles. The zero-order valence-corrected chi connectivity index (χ0v) is 10.6. The van der Waals surface area contributed by atoms with Crippen molar-refractivity contribution in [1.29, 1.82) is 0 Å². The first-order valence-corrected chi connectivity index (χ1v) is 5.85. The second kappa shape index (κ2) is 4.99. The Labute approximate surface area is 109 Å². The normalized spacial score (nSPS) is 19.1. The zero-order chi connectivity index (χ0) is 13.3. The lowest BCUT2D eigenvalue weighted by Gasteiger charge is -2.19. The molecule has 18 heavy (non-hydrogen) atoms. The van der Waals surface area contributed by atoms with E-state index in [1.54, 1.807) is 6.07 Å². The summed E-state index contributed by atoms with van der Waals surface area (Å²) in [6.45, 7) is 1.14. The number of aliphatic hydroxyl groups is 1. The highest BCUT2D eigenvalue weighted by atomic mass is 35.5. The Bertz CT molecular complexity index is 480. The van der Waals surface area contributed by atoms with E-state index in [0.29, 0.717) is 25.2 Å². The molecular formula is C11H13ClN2O4. The molecule has 0 amide bonds. The average molecular weight is 273 g/mol. The summed E-state index contributed by atoms with van der Waals surface area (Å²) < 4.78 is 5.00. The maximum Gasteiger partial charge on any atom is 0.312 e. The standard InChI is InChI=1S/C11H13ClN2O4/c1-18-11-5-9(13-3-2-7(15)6-13)8(12)4-10(11)14(16)17/h4-5,7,15H,2-3,6H2,1H3. The van der Waals surface area contributed by atoms with Gasteiger partial charge in [-0.2, -0.15) is 0 Å². The molecule has 0 aliphatic carbocycles. The fraction of sp³-hybridized carbons (Fsp3) is 0.455. The Morgan fingerprint density at radius 1 is 1.61 bits per heavy atom. The van der Waals surface area contributed by atoms with Gasteiger partial charge in [-0.3, -0.25) is 10.1 Å². The molecule has 0 aromatic heterocycles. The first-order chi connectivity index (χ1) is 8.52. The molecule has 1 N–H and O–H groups in total. The van der Waals surface area contributed by atoms with E-state index in [1.807, 2.05) is 4.90 Å². The maximum absolute atomic E-state index is 10.8. The molecule has 98 valence electrons. The summed E-state index contributed by atoms with van der Waals surface area (Å²) in [7, 11) is 1.37. The second-order valence-electron chi connectivity index (χ2n) is 4.12. The highest BCUT2D eigenvalue weighted by molar-refractivity contribution is 6.33. The highest BCUT2D eigenvalue weighted by Crippen LogP contribution is 2.38. The fourth-order valence-electron chi connectivity index (χ4n) is 2.04. The van der Waals surface area contributed by atoms with Crippen LogP contribution in [0.15, 0.2) is 12.1 Å². The van der Waals surface area contributed by atoms with Crippen LogP contribution < -0.4 is 9.64 Å². The molecule has 1 saturated heterocycles. The minimum absolute atomic E-state index is 0.161. The number of hydrogen-bond donors (Lipinski definition) is 1. The number of hydrogen-bond acceptors (Lipinski definition) is 5. The summed E-state index contributed by atoms with van der Waals surface area (Å²) in [5.41, 5.74) is 0.488. The van der Waals surface area contributed by atoms with Crippen LogP contribution in [-0.2, 0) is 0 Å². The maximum atomic E-state index is 10.8. The van der Waals surface area contributed by atoms with Gasteiger partial charge < -0.3 is 14.7 Å². The van der Waals surface area contributed by atoms with E-state index in [-0.39, 0.29) is 22.6 Å². The second-order valence-corrected chi connectivity index (χ2v) is 4.53. The molecule has 1 aliphatic rings. The summed E-state index contributed by atoms with van der Waals surface area (Å²) in [6, 6.07) is 2.82. The monoisotopic (exact) mass is 272 g/mol. The van der Waals surface area contributed by atoms with Crippen LogP contribution in [0.5, 0.6) is 5.75 Å². The van der Waals surface area contributed by atoms with Gasteiger partial charge in [0.05, 0.1) is 28.8 Å². The van der Waals surface area contributed by atoms with Crippen molar-refractivity contribution in [3.05, 3.63) is 27.3 Å². The zero-order valence-electron chi connectivity index (χ0n) is 9.80. The van der Waals surface area contributed by atoms with E-state index in [9.17, 15) is 15.2 Å². The van der Waals surface area contributed by atoms with Crippen LogP contribution in [-0.4, -0.2) is 36.3 Å². The van der Waals surface area contributed by atoms with Gasteiger partial charge in [0.1, 0.15) is 0 Å². The van der Waals surface area contributed by atoms with Crippen molar-refractivity contribution < 1.29 is 14.8 Å². The van der Waals surface area contributed by atoms with Gasteiger partial charge in [-0.25, -0.2) is 0 Å². The topological polar surface area (TPSA) is 75.8 Å². The molecule has 1 heterocycles. The summed E-state index contributed by atoms with van der Waals surface area (Å²) >= 11 is 6.05. The number of halogens is 1. The third-order valence-corrected chi connectivity index (χ3v) is 3.25. The van der Waals surface area contributed by atoms with Crippen molar-refractivity contribution in [2.24, 2.45) is 0 Å². The smallest absolute Gasteiger partial charge is 0.312 e. The molecule has 1 aliphatic heterocycles. The Morgan fingerprint density at radius 3 is 2.83 bits per heavy atom. The minimum atomic E-state index is -0.534. The number of ether oxygens (including phenoxy) is 1. The van der Waals surface area contributed by atoms with Crippen molar-refractivity contribution in [3.63, 3.8) is 0 Å². The summed E-state index contributed by atoms with van der Waals surface area (Å²) in [5.74, 6) is 0.167. The quantitative estimate of drug-likeness (QED) is 0.671. The third-order valence-electron chi connectivity index (χ3n) is 2.95. The van der Waals surface area contributed by atoms with E-state index in [4.69, 9.17) is 16.3 Å². The molecule has 1 fully saturated rings. The molecule has 1 aromatic rings. The van der Waals surface area contributed by atoms with Crippen LogP contribution in [0.4, 0.5) is 11.4 Å². The van der Waals surface area contributed by atoms with Crippen molar-refractivity contribution in [1.82, 2.24) is 0 Å². The van der Waals surface area contributed by atoms with Gasteiger partial charge in [0.2, 0.25) is 0 Å². The number of nitrogens with zero attached hydrogens (tertiary/aromatic N) is 2. The number of aliphatic hydroxyl groups excluding tert-OH is 1. The fourth-order valence-corrected chi connectivity index (χ4v) is 2.32. The van der Waals surface area contributed by atoms with Gasteiger partial charge in [0, 0.05) is 25.2 Å². The Kier molecular flexibility index (Phi) is 3.58. The Balaban J connectivity index is 2.40. The van der Waals surface area contributed by atoms with Gasteiger partial charge in [-0.05, 0) is 6.42 Å². The molecule has 6 nitrogen and oxygen atoms in total. The number of anilines is 1. The predicted molar refractivity (Wildman–Crippen MR) is 67.5 cm³/mol. The lowest BCUT2D eigenvalue weighted by molar-refractivity contribution is -0.385. The molecular weight excluding hydrogens is 260 g/mol. The van der Waals surface area contributed by atoms with Crippen LogP contribution in [0.3, 0.4) is 0 Å². The SMILES string of the molecule is COc1cc(N2CCC(O)C2)c(Cl)cc1[N+](=O)[O-]. The van der Waals surface area contributed by atoms with Crippen LogP contribution in [0.25, 0.3) is 0 Å². The lowest BCUT2D eigenvalue weighted by Crippen LogP contribution is -2.21. The summed E-state index contributed by atoms with van der Waals surface area (Å²) in [4.78, 5) is 12.2. The summed E-state index contributed by atoms with van der Waals surface area (Å²) in [5, 5.41) is 20.6. The van der Waals surface area contributed by atoms with Crippen molar-refractivity contribution >= 4 is 23.0 Å². The van der Waals surface area contributed by atoms with Gasteiger partial charge >= 0.3 is 5.69 Å². The Hall–Kier alpha value is -1.53. The number of methoxy groups -OCH3 is 1. The Morgan fingerprint density at radius 2 is 2.33 bits per heavy atom. The minimum Gasteiger partial charge on any atom is -0.490 e. The van der Waals surface area contributed by atoms with Gasteiger partial charge in [-0.1, -0.05) is 11.6 Å². The van der Waals surface area contributed by atoms with Crippen LogP contribution in [0.1, 0.15) is 6.42 Å². The molecule has 1 unspecified atom stereocenters. The molecule has 1 atom stereocenters. The van der Waals surface area contributed by atoms with E-state index in [1.165, 1.54) is 13.2 Å². The number of nitro benzene ring substituents is 1. The molecule has 0 spiro atoms. The summed E-state index contributed by atoms with van der Waals surface area (Å²) in [6.07, 6.45) is 0.276. The lowest BCUT2D eigenvalue weighted by atomic mass is 10.2. The molecule has 1 aromatic carbocycles. The first kappa shape index (κ1) is 12.9. The molecule has 7 heteroatoms. The number of β-amino-alcohol motifs (C(OH)–C–C–N with tert-alkyl or cyclic N) is 1. The third kappa shape index (κ3) is 2.34. The van der Waals surface area contributed by atoms with Crippen molar-refractivity contribution in [2.45, 2.75) is 12.5 Å². The number of benzene rings is 1.